The third-order valence-electron chi connectivity index (χ3n) is 5.71. The van der Waals surface area contributed by atoms with Gasteiger partial charge in [-0.15, -0.1) is 0 Å². The Labute approximate surface area is 188 Å². The molecule has 0 aromatic carbocycles. The lowest BCUT2D eigenvalue weighted by Gasteiger charge is -2.34. The topological polar surface area (TPSA) is 103 Å². The molecule has 3 aromatic heterocycles. The third kappa shape index (κ3) is 4.26. The molecule has 0 unspecified atom stereocenters. The van der Waals surface area contributed by atoms with Gasteiger partial charge >= 0.3 is 6.09 Å². The molecule has 0 bridgehead atoms. The molecular formula is C22H32N8O2. The van der Waals surface area contributed by atoms with Crippen LogP contribution >= 0.6 is 0 Å². The second-order valence-electron chi connectivity index (χ2n) is 9.26. The van der Waals surface area contributed by atoms with Crippen molar-refractivity contribution in [1.82, 2.24) is 34.2 Å². The number of likely N-dealkylation sites (tertiary alicyclic amines) is 1. The van der Waals surface area contributed by atoms with Crippen LogP contribution in [0.1, 0.15) is 46.2 Å². The zero-order valence-corrected chi connectivity index (χ0v) is 19.7. The van der Waals surface area contributed by atoms with E-state index in [2.05, 4.69) is 27.3 Å². The number of anilines is 1. The van der Waals surface area contributed by atoms with Crippen molar-refractivity contribution in [3.63, 3.8) is 0 Å². The van der Waals surface area contributed by atoms with Crippen LogP contribution in [0.3, 0.4) is 0 Å². The first-order valence-corrected chi connectivity index (χ1v) is 11.1. The predicted molar refractivity (Wildman–Crippen MR) is 122 cm³/mol. The number of hydrogen-bond acceptors (Lipinski definition) is 7. The van der Waals surface area contributed by atoms with E-state index in [-0.39, 0.29) is 12.1 Å². The predicted octanol–water partition coefficient (Wildman–Crippen LogP) is 3.37. The smallest absolute Gasteiger partial charge is 0.410 e. The van der Waals surface area contributed by atoms with E-state index in [1.165, 1.54) is 0 Å². The van der Waals surface area contributed by atoms with Crippen LogP contribution in [0.2, 0.25) is 0 Å². The molecule has 3 aromatic rings. The highest BCUT2D eigenvalue weighted by atomic mass is 16.6. The Hall–Kier alpha value is -3.17. The number of amides is 1. The highest BCUT2D eigenvalue weighted by Gasteiger charge is 2.28. The summed E-state index contributed by atoms with van der Waals surface area (Å²) in [5.41, 5.74) is 2.99. The largest absolute Gasteiger partial charge is 0.444 e. The summed E-state index contributed by atoms with van der Waals surface area (Å²) >= 11 is 0. The second-order valence-corrected chi connectivity index (χ2v) is 9.26. The fraction of sp³-hybridized carbons (Fsp3) is 0.591. The van der Waals surface area contributed by atoms with Crippen LogP contribution in [-0.4, -0.2) is 65.0 Å². The molecule has 0 radical (unpaired) electrons. The summed E-state index contributed by atoms with van der Waals surface area (Å²) in [6.45, 7) is 11.8. The lowest BCUT2D eigenvalue weighted by Crippen LogP contribution is -2.47. The molecule has 1 N–H and O–H groups in total. The third-order valence-corrected chi connectivity index (χ3v) is 5.71. The maximum Gasteiger partial charge on any atom is 0.410 e. The van der Waals surface area contributed by atoms with Crippen LogP contribution in [0.15, 0.2) is 12.5 Å². The van der Waals surface area contributed by atoms with Crippen LogP contribution in [0.4, 0.5) is 10.6 Å². The van der Waals surface area contributed by atoms with Crippen LogP contribution < -0.4 is 5.32 Å². The molecule has 1 aliphatic rings. The molecule has 10 nitrogen and oxygen atoms in total. The van der Waals surface area contributed by atoms with Crippen molar-refractivity contribution in [2.75, 3.05) is 18.4 Å². The van der Waals surface area contributed by atoms with E-state index in [1.54, 1.807) is 11.2 Å². The summed E-state index contributed by atoms with van der Waals surface area (Å²) in [5.74, 6) is 1.48. The molecule has 4 rings (SSSR count). The minimum atomic E-state index is -0.510. The van der Waals surface area contributed by atoms with Crippen molar-refractivity contribution < 1.29 is 9.53 Å². The fourth-order valence-corrected chi connectivity index (χ4v) is 4.11. The minimum Gasteiger partial charge on any atom is -0.444 e. The van der Waals surface area contributed by atoms with Gasteiger partial charge in [-0.05, 0) is 47.5 Å². The molecule has 1 fully saturated rings. The van der Waals surface area contributed by atoms with Crippen molar-refractivity contribution >= 4 is 23.1 Å². The van der Waals surface area contributed by atoms with Crippen LogP contribution in [-0.2, 0) is 18.3 Å². The molecule has 4 heterocycles. The van der Waals surface area contributed by atoms with Gasteiger partial charge in [-0.3, -0.25) is 4.68 Å². The summed E-state index contributed by atoms with van der Waals surface area (Å²) in [5, 5.41) is 7.95. The molecule has 1 atom stereocenters. The molecular weight excluding hydrogens is 408 g/mol. The summed E-state index contributed by atoms with van der Waals surface area (Å²) in [6.07, 6.45) is 4.95. The summed E-state index contributed by atoms with van der Waals surface area (Å²) in [6, 6.07) is 0.0596. The summed E-state index contributed by atoms with van der Waals surface area (Å²) < 4.78 is 9.47. The van der Waals surface area contributed by atoms with Gasteiger partial charge in [-0.1, -0.05) is 0 Å². The van der Waals surface area contributed by atoms with Crippen LogP contribution in [0.5, 0.6) is 0 Å². The average molecular weight is 441 g/mol. The average Bonchev–Trinajstić information content (AvgIpc) is 3.27. The zero-order chi connectivity index (χ0) is 23.0. The Morgan fingerprint density at radius 2 is 2.09 bits per heavy atom. The van der Waals surface area contributed by atoms with Gasteiger partial charge in [0.05, 0.1) is 11.8 Å². The first kappa shape index (κ1) is 22.0. The quantitative estimate of drug-likeness (QED) is 0.663. The Morgan fingerprint density at radius 1 is 1.31 bits per heavy atom. The highest BCUT2D eigenvalue weighted by Crippen LogP contribution is 2.28. The molecule has 0 spiro atoms. The number of carbonyl (C=O) groups excluding carboxylic acids is 1. The fourth-order valence-electron chi connectivity index (χ4n) is 4.11. The van der Waals surface area contributed by atoms with Crippen molar-refractivity contribution in [3.05, 3.63) is 18.2 Å². The maximum absolute atomic E-state index is 12.5. The Kier molecular flexibility index (Phi) is 5.79. The SMILES string of the molecule is CCn1ncc(-c2nc3c(N[C@H]4CCCN(C(=O)OC(C)(C)C)C4)ncnc3n2C)c1C. The van der Waals surface area contributed by atoms with Crippen molar-refractivity contribution in [1.29, 1.82) is 0 Å². The molecule has 172 valence electrons. The van der Waals surface area contributed by atoms with E-state index >= 15 is 0 Å². The van der Waals surface area contributed by atoms with Crippen LogP contribution in [0.25, 0.3) is 22.6 Å². The van der Waals surface area contributed by atoms with E-state index in [0.717, 1.165) is 42.1 Å². The molecule has 0 saturated carbocycles. The number of piperidine rings is 1. The van der Waals surface area contributed by atoms with Gasteiger partial charge in [0, 0.05) is 38.4 Å². The number of carbonyl (C=O) groups is 1. The highest BCUT2D eigenvalue weighted by molar-refractivity contribution is 5.86. The van der Waals surface area contributed by atoms with Gasteiger partial charge in [-0.2, -0.15) is 5.10 Å². The molecule has 1 aliphatic heterocycles. The molecule has 1 amide bonds. The number of fused-ring (bicyclic) bond motifs is 1. The lowest BCUT2D eigenvalue weighted by molar-refractivity contribution is 0.0206. The minimum absolute atomic E-state index is 0.0596. The van der Waals surface area contributed by atoms with Crippen LogP contribution in [0, 0.1) is 6.92 Å². The Bertz CT molecular complexity index is 1130. The number of imidazole rings is 1. The monoisotopic (exact) mass is 440 g/mol. The molecule has 1 saturated heterocycles. The zero-order valence-electron chi connectivity index (χ0n) is 19.7. The maximum atomic E-state index is 12.5. The lowest BCUT2D eigenvalue weighted by atomic mass is 10.1. The summed E-state index contributed by atoms with van der Waals surface area (Å²) in [4.78, 5) is 28.1. The number of hydrogen-bond donors (Lipinski definition) is 1. The number of nitrogens with one attached hydrogen (secondary N) is 1. The number of aromatic nitrogens is 6. The van der Waals surface area contributed by atoms with Gasteiger partial charge in [0.1, 0.15) is 17.8 Å². The number of nitrogens with zero attached hydrogens (tertiary/aromatic N) is 7. The van der Waals surface area contributed by atoms with Crippen molar-refractivity contribution in [2.45, 2.75) is 65.6 Å². The van der Waals surface area contributed by atoms with Crippen molar-refractivity contribution in [2.24, 2.45) is 7.05 Å². The Balaban J connectivity index is 1.58. The van der Waals surface area contributed by atoms with E-state index in [9.17, 15) is 4.79 Å². The van der Waals surface area contributed by atoms with E-state index in [1.807, 2.05) is 50.2 Å². The normalized spacial score (nSPS) is 17.1. The Morgan fingerprint density at radius 3 is 2.78 bits per heavy atom. The molecule has 0 aliphatic carbocycles. The number of aryl methyl sites for hydroxylation is 2. The van der Waals surface area contributed by atoms with Gasteiger partial charge in [0.15, 0.2) is 17.0 Å². The standard InChI is InChI=1S/C22H32N8O2/c1-7-30-14(2)16(11-25-30)19-27-17-18(23-13-24-20(17)28(19)6)26-15-9-8-10-29(12-15)21(31)32-22(3,4)5/h11,13,15H,7-10,12H2,1-6H3,(H,23,24,26)/t15-/m0/s1. The first-order chi connectivity index (χ1) is 15.2. The molecule has 32 heavy (non-hydrogen) atoms. The second kappa shape index (κ2) is 8.40. The first-order valence-electron chi connectivity index (χ1n) is 11.1. The van der Waals surface area contributed by atoms with E-state index < -0.39 is 5.60 Å². The number of rotatable bonds is 4. The van der Waals surface area contributed by atoms with Gasteiger partial charge < -0.3 is 19.5 Å². The van der Waals surface area contributed by atoms with E-state index in [4.69, 9.17) is 9.72 Å². The molecule has 10 heteroatoms. The van der Waals surface area contributed by atoms with Crippen molar-refractivity contribution in [3.8, 4) is 11.4 Å². The van der Waals surface area contributed by atoms with Gasteiger partial charge in [-0.25, -0.2) is 19.7 Å². The number of ether oxygens (including phenoxy) is 1. The van der Waals surface area contributed by atoms with Gasteiger partial charge in [0.2, 0.25) is 0 Å². The van der Waals surface area contributed by atoms with Gasteiger partial charge in [0.25, 0.3) is 0 Å². The summed E-state index contributed by atoms with van der Waals surface area (Å²) in [7, 11) is 1.95. The van der Waals surface area contributed by atoms with E-state index in [0.29, 0.717) is 24.4 Å².